The summed E-state index contributed by atoms with van der Waals surface area (Å²) in [4.78, 5) is 13.7. The number of carbonyl (C=O) groups is 1. The number of amides is 1. The first kappa shape index (κ1) is 18.4. The minimum absolute atomic E-state index is 0.0362. The van der Waals surface area contributed by atoms with Crippen molar-refractivity contribution in [3.05, 3.63) is 69.2 Å². The van der Waals surface area contributed by atoms with Gasteiger partial charge in [0.25, 0.3) is 0 Å². The maximum absolute atomic E-state index is 12.1. The van der Waals surface area contributed by atoms with Gasteiger partial charge in [0.15, 0.2) is 6.07 Å². The van der Waals surface area contributed by atoms with Crippen LogP contribution in [-0.2, 0) is 4.74 Å². The van der Waals surface area contributed by atoms with E-state index in [-0.39, 0.29) is 18.0 Å². The van der Waals surface area contributed by atoms with Gasteiger partial charge in [0.05, 0.1) is 16.1 Å². The van der Waals surface area contributed by atoms with E-state index >= 15 is 0 Å². The zero-order valence-corrected chi connectivity index (χ0v) is 16.0. The lowest BCUT2D eigenvalue weighted by molar-refractivity contribution is 0.107. The number of halogens is 3. The van der Waals surface area contributed by atoms with E-state index in [1.165, 1.54) is 5.56 Å². The van der Waals surface area contributed by atoms with Crippen LogP contribution in [0.2, 0.25) is 10.0 Å². The zero-order valence-electron chi connectivity index (χ0n) is 13.7. The fraction of sp³-hybridized carbons (Fsp3) is 0.316. The second-order valence-corrected chi connectivity index (χ2v) is 7.11. The standard InChI is InChI=1S/C19H18Cl3NO2/c1-23(19(24)25-11-20)18-9-7-13(14-4-2-3-5-15(14)18)12-6-8-16(21)17(22)10-12/h2-6,8,10,13,18H,7,9,11H2,1H3/t13-,18-/m0/s1. The number of carbonyl (C=O) groups excluding carboxylic acids is 1. The third-order valence-corrected chi connectivity index (χ3v) is 5.59. The molecule has 1 aliphatic carbocycles. The maximum Gasteiger partial charge on any atom is 0.411 e. The number of rotatable bonds is 3. The summed E-state index contributed by atoms with van der Waals surface area (Å²) < 4.78 is 4.93. The molecule has 2 aromatic carbocycles. The van der Waals surface area contributed by atoms with E-state index in [0.29, 0.717) is 10.0 Å². The van der Waals surface area contributed by atoms with Crippen LogP contribution in [0.3, 0.4) is 0 Å². The van der Waals surface area contributed by atoms with Crippen molar-refractivity contribution in [2.45, 2.75) is 24.8 Å². The second kappa shape index (κ2) is 7.86. The first-order valence-electron chi connectivity index (χ1n) is 8.02. The molecule has 2 aromatic rings. The smallest absolute Gasteiger partial charge is 0.411 e. The van der Waals surface area contributed by atoms with E-state index in [1.54, 1.807) is 11.9 Å². The first-order chi connectivity index (χ1) is 12.0. The lowest BCUT2D eigenvalue weighted by atomic mass is 9.76. The Morgan fingerprint density at radius 1 is 1.12 bits per heavy atom. The highest BCUT2D eigenvalue weighted by molar-refractivity contribution is 6.42. The van der Waals surface area contributed by atoms with Gasteiger partial charge in [-0.2, -0.15) is 0 Å². The van der Waals surface area contributed by atoms with Gasteiger partial charge in [0.2, 0.25) is 0 Å². The van der Waals surface area contributed by atoms with Gasteiger partial charge in [-0.05, 0) is 41.7 Å². The molecule has 0 fully saturated rings. The monoisotopic (exact) mass is 397 g/mol. The fourth-order valence-electron chi connectivity index (χ4n) is 3.52. The van der Waals surface area contributed by atoms with Crippen molar-refractivity contribution in [2.75, 3.05) is 13.1 Å². The summed E-state index contributed by atoms with van der Waals surface area (Å²) in [5, 5.41) is 1.11. The number of fused-ring (bicyclic) bond motifs is 1. The van der Waals surface area contributed by atoms with Crippen molar-refractivity contribution >= 4 is 40.9 Å². The van der Waals surface area contributed by atoms with E-state index in [2.05, 4.69) is 12.1 Å². The predicted molar refractivity (Wildman–Crippen MR) is 102 cm³/mol. The summed E-state index contributed by atoms with van der Waals surface area (Å²) in [6.07, 6.45) is 1.32. The quantitative estimate of drug-likeness (QED) is 0.574. The normalized spacial score (nSPS) is 19.2. The molecule has 1 amide bonds. The van der Waals surface area contributed by atoms with Gasteiger partial charge in [-0.1, -0.05) is 65.1 Å². The average molecular weight is 399 g/mol. The van der Waals surface area contributed by atoms with Crippen LogP contribution in [0.1, 0.15) is 41.5 Å². The van der Waals surface area contributed by atoms with Crippen LogP contribution in [-0.4, -0.2) is 24.1 Å². The van der Waals surface area contributed by atoms with Crippen molar-refractivity contribution in [3.8, 4) is 0 Å². The van der Waals surface area contributed by atoms with Crippen LogP contribution >= 0.6 is 34.8 Å². The number of ether oxygens (including phenoxy) is 1. The fourth-order valence-corrected chi connectivity index (χ4v) is 3.92. The molecule has 0 N–H and O–H groups in total. The summed E-state index contributed by atoms with van der Waals surface area (Å²) in [5.41, 5.74) is 3.45. The number of hydrogen-bond acceptors (Lipinski definition) is 2. The van der Waals surface area contributed by atoms with E-state index in [9.17, 15) is 4.79 Å². The Balaban J connectivity index is 1.96. The number of benzene rings is 2. The molecule has 0 aliphatic heterocycles. The Kier molecular flexibility index (Phi) is 5.78. The molecule has 3 rings (SSSR count). The molecule has 0 aromatic heterocycles. The Bertz CT molecular complexity index is 781. The van der Waals surface area contributed by atoms with Crippen molar-refractivity contribution in [2.24, 2.45) is 0 Å². The number of hydrogen-bond donors (Lipinski definition) is 0. The molecule has 0 saturated heterocycles. The van der Waals surface area contributed by atoms with Crippen LogP contribution < -0.4 is 0 Å². The van der Waals surface area contributed by atoms with E-state index in [4.69, 9.17) is 39.5 Å². The number of nitrogens with zero attached hydrogens (tertiary/aromatic N) is 1. The molecule has 0 saturated carbocycles. The van der Waals surface area contributed by atoms with Crippen LogP contribution in [0, 0.1) is 0 Å². The Morgan fingerprint density at radius 3 is 2.52 bits per heavy atom. The average Bonchev–Trinajstić information content (AvgIpc) is 2.63. The van der Waals surface area contributed by atoms with Crippen LogP contribution in [0.25, 0.3) is 0 Å². The summed E-state index contributed by atoms with van der Waals surface area (Å²) in [5.74, 6) is 0.222. The van der Waals surface area contributed by atoms with Gasteiger partial charge in [0, 0.05) is 13.0 Å². The lowest BCUT2D eigenvalue weighted by Crippen LogP contribution is -2.34. The molecule has 6 heteroatoms. The third kappa shape index (κ3) is 3.74. The summed E-state index contributed by atoms with van der Waals surface area (Å²) in [7, 11) is 1.75. The minimum Gasteiger partial charge on any atom is -0.433 e. The summed E-state index contributed by atoms with van der Waals surface area (Å²) in [6.45, 7) is 0. The van der Waals surface area contributed by atoms with E-state index < -0.39 is 6.09 Å². The summed E-state index contributed by atoms with van der Waals surface area (Å²) >= 11 is 17.8. The van der Waals surface area contributed by atoms with Gasteiger partial charge in [-0.3, -0.25) is 0 Å². The minimum atomic E-state index is -0.414. The van der Waals surface area contributed by atoms with Crippen LogP contribution in [0.15, 0.2) is 42.5 Å². The molecule has 0 radical (unpaired) electrons. The molecule has 3 nitrogen and oxygen atoms in total. The number of alkyl halides is 1. The zero-order chi connectivity index (χ0) is 18.0. The molecule has 25 heavy (non-hydrogen) atoms. The first-order valence-corrected chi connectivity index (χ1v) is 9.31. The van der Waals surface area contributed by atoms with Gasteiger partial charge < -0.3 is 9.64 Å². The molecular formula is C19H18Cl3NO2. The summed E-state index contributed by atoms with van der Waals surface area (Å²) in [6, 6.07) is 13.8. The predicted octanol–water partition coefficient (Wildman–Crippen LogP) is 6.22. The van der Waals surface area contributed by atoms with Gasteiger partial charge in [-0.15, -0.1) is 0 Å². The molecule has 2 atom stereocenters. The van der Waals surface area contributed by atoms with Crippen LogP contribution in [0.4, 0.5) is 4.79 Å². The molecule has 0 bridgehead atoms. The van der Waals surface area contributed by atoms with Gasteiger partial charge in [0.1, 0.15) is 0 Å². The molecule has 0 unspecified atom stereocenters. The largest absolute Gasteiger partial charge is 0.433 e. The van der Waals surface area contributed by atoms with Crippen molar-refractivity contribution in [1.29, 1.82) is 0 Å². The third-order valence-electron chi connectivity index (χ3n) is 4.74. The van der Waals surface area contributed by atoms with Crippen LogP contribution in [0.5, 0.6) is 0 Å². The highest BCUT2D eigenvalue weighted by Gasteiger charge is 2.32. The molecule has 132 valence electrons. The molecule has 0 spiro atoms. The topological polar surface area (TPSA) is 29.5 Å². The van der Waals surface area contributed by atoms with Crippen molar-refractivity contribution < 1.29 is 9.53 Å². The Labute approximate surface area is 162 Å². The molecule has 0 heterocycles. The van der Waals surface area contributed by atoms with Gasteiger partial charge in [-0.25, -0.2) is 4.79 Å². The molecule has 1 aliphatic rings. The van der Waals surface area contributed by atoms with E-state index in [1.807, 2.05) is 30.3 Å². The molecular weight excluding hydrogens is 381 g/mol. The van der Waals surface area contributed by atoms with Crippen molar-refractivity contribution in [3.63, 3.8) is 0 Å². The lowest BCUT2D eigenvalue weighted by Gasteiger charge is -2.36. The maximum atomic E-state index is 12.1. The highest BCUT2D eigenvalue weighted by atomic mass is 35.5. The van der Waals surface area contributed by atoms with Gasteiger partial charge >= 0.3 is 6.09 Å². The second-order valence-electron chi connectivity index (χ2n) is 6.08. The van der Waals surface area contributed by atoms with E-state index in [0.717, 1.165) is 24.0 Å². The Morgan fingerprint density at radius 2 is 1.84 bits per heavy atom. The Hall–Kier alpha value is -1.42. The van der Waals surface area contributed by atoms with Crippen molar-refractivity contribution in [1.82, 2.24) is 4.90 Å². The SMILES string of the molecule is CN(C(=O)OCCl)[C@H]1CC[C@@H](c2ccc(Cl)c(Cl)c2)c2ccccc21. The highest BCUT2D eigenvalue weighted by Crippen LogP contribution is 2.44.